The summed E-state index contributed by atoms with van der Waals surface area (Å²) in [6.45, 7) is 6.91. The summed E-state index contributed by atoms with van der Waals surface area (Å²) in [4.78, 5) is 17.8. The lowest BCUT2D eigenvalue weighted by Gasteiger charge is -2.10. The third kappa shape index (κ3) is 19.2. The Morgan fingerprint density at radius 1 is 0.733 bits per heavy atom. The molecule has 0 saturated carbocycles. The minimum absolute atomic E-state index is 0.0922. The summed E-state index contributed by atoms with van der Waals surface area (Å²) < 4.78 is 15.2. The summed E-state index contributed by atoms with van der Waals surface area (Å²) in [7, 11) is -2.32. The van der Waals surface area contributed by atoms with Crippen molar-refractivity contribution in [3.8, 4) is 5.75 Å². The first-order chi connectivity index (χ1) is 14.7. The number of aliphatic hydroxyl groups excluding tert-OH is 1. The maximum atomic E-state index is 8.92. The average molecular weight is 447 g/mol. The van der Waals surface area contributed by atoms with Gasteiger partial charge in [-0.25, -0.2) is 0 Å². The van der Waals surface area contributed by atoms with Crippen LogP contribution >= 0.6 is 8.60 Å². The summed E-state index contributed by atoms with van der Waals surface area (Å²) in [5, 5.41) is 8.34. The number of unbranched alkanes of at least 4 members (excludes halogenated alkanes) is 7. The first-order valence-corrected chi connectivity index (χ1v) is 12.5. The van der Waals surface area contributed by atoms with Gasteiger partial charge in [0.15, 0.2) is 0 Å². The number of hydrogen-bond donors (Lipinski definition) is 3. The Balaban J connectivity index is 0.000000654. The fourth-order valence-electron chi connectivity index (χ4n) is 2.79. The van der Waals surface area contributed by atoms with Crippen LogP contribution in [0, 0.1) is 0 Å². The zero-order valence-corrected chi connectivity index (χ0v) is 19.8. The van der Waals surface area contributed by atoms with E-state index in [4.69, 9.17) is 28.9 Å². The number of ether oxygens (including phenoxy) is 2. The first kappa shape index (κ1) is 29.2. The smallest absolute Gasteiger partial charge is 0.391 e. The molecule has 0 radical (unpaired) electrons. The van der Waals surface area contributed by atoms with Crippen LogP contribution in [0.25, 0.3) is 0 Å². The van der Waals surface area contributed by atoms with Crippen LogP contribution in [-0.2, 0) is 15.9 Å². The summed E-state index contributed by atoms with van der Waals surface area (Å²) in [5.74, 6) is 0.601. The molecule has 0 fully saturated rings. The summed E-state index contributed by atoms with van der Waals surface area (Å²) in [5.41, 5.74) is 1.06. The Kier molecular flexibility index (Phi) is 22.4. The van der Waals surface area contributed by atoms with Gasteiger partial charge in [-0.2, -0.15) is 0 Å². The average Bonchev–Trinajstić information content (AvgIpc) is 2.74. The highest BCUT2D eigenvalue weighted by Crippen LogP contribution is 2.32. The Labute approximate surface area is 184 Å². The molecule has 0 aliphatic rings. The van der Waals surface area contributed by atoms with Gasteiger partial charge in [-0.15, -0.1) is 0 Å². The van der Waals surface area contributed by atoms with Gasteiger partial charge in [-0.3, -0.25) is 0 Å². The van der Waals surface area contributed by atoms with E-state index >= 15 is 0 Å². The topological polar surface area (TPSA) is 88.4 Å². The molecule has 1 aromatic carbocycles. The highest BCUT2D eigenvalue weighted by molar-refractivity contribution is 7.39. The molecule has 30 heavy (non-hydrogen) atoms. The third-order valence-electron chi connectivity index (χ3n) is 4.45. The highest BCUT2D eigenvalue weighted by atomic mass is 31.2. The number of aryl methyl sites for hydroxylation is 1. The lowest BCUT2D eigenvalue weighted by molar-refractivity contribution is 0.0324. The van der Waals surface area contributed by atoms with Crippen LogP contribution in [0.5, 0.6) is 5.75 Å². The fourth-order valence-corrected chi connectivity index (χ4v) is 3.15. The normalized spacial score (nSPS) is 10.7. The molecule has 7 heteroatoms. The number of benzene rings is 1. The Morgan fingerprint density at radius 2 is 1.33 bits per heavy atom. The van der Waals surface area contributed by atoms with E-state index in [2.05, 4.69) is 13.8 Å². The quantitative estimate of drug-likeness (QED) is 0.207. The van der Waals surface area contributed by atoms with Crippen molar-refractivity contribution < 1.29 is 28.9 Å². The molecule has 0 aromatic heterocycles. The predicted octanol–water partition coefficient (Wildman–Crippen LogP) is 5.38. The van der Waals surface area contributed by atoms with Crippen molar-refractivity contribution in [2.24, 2.45) is 0 Å². The van der Waals surface area contributed by atoms with Gasteiger partial charge in [-0.05, 0) is 30.9 Å². The zero-order valence-electron chi connectivity index (χ0n) is 18.9. The van der Waals surface area contributed by atoms with Crippen molar-refractivity contribution in [1.82, 2.24) is 0 Å². The van der Waals surface area contributed by atoms with Crippen LogP contribution in [0.15, 0.2) is 24.3 Å². The number of rotatable bonds is 18. The SMILES string of the molecule is CCCCCCCCCc1ccccc1OP(O)O.CCCCOCCOCCO. The van der Waals surface area contributed by atoms with Crippen molar-refractivity contribution in [2.45, 2.75) is 78.1 Å². The summed E-state index contributed by atoms with van der Waals surface area (Å²) >= 11 is 0. The molecule has 0 saturated heterocycles. The van der Waals surface area contributed by atoms with E-state index in [0.29, 0.717) is 25.6 Å². The maximum absolute atomic E-state index is 8.92. The second kappa shape index (κ2) is 22.9. The lowest BCUT2D eigenvalue weighted by Crippen LogP contribution is -2.07. The standard InChI is InChI=1S/C15H25O3P.C8H18O3/c1-2-3-4-5-6-7-8-11-14-12-9-10-13-15(14)18-19(16)17;1-2-3-5-10-7-8-11-6-4-9/h9-10,12-13,16-17H,2-8,11H2,1H3;9H,2-8H2,1H3. The van der Waals surface area contributed by atoms with E-state index in [1.165, 1.54) is 38.5 Å². The molecule has 1 aromatic rings. The lowest BCUT2D eigenvalue weighted by atomic mass is 10.0. The molecule has 1 rings (SSSR count). The molecular weight excluding hydrogens is 403 g/mol. The number of hydrogen-bond acceptors (Lipinski definition) is 6. The third-order valence-corrected chi connectivity index (χ3v) is 4.81. The van der Waals surface area contributed by atoms with Gasteiger partial charge in [0.1, 0.15) is 5.75 Å². The van der Waals surface area contributed by atoms with Crippen LogP contribution in [-0.4, -0.2) is 47.9 Å². The molecule has 0 atom stereocenters. The molecule has 0 heterocycles. The Hall–Kier alpha value is -0.750. The fraction of sp³-hybridized carbons (Fsp3) is 0.739. The van der Waals surface area contributed by atoms with Crippen LogP contribution in [0.1, 0.15) is 77.2 Å². The largest absolute Gasteiger partial charge is 0.427 e. The van der Waals surface area contributed by atoms with Gasteiger partial charge in [-0.1, -0.05) is 77.0 Å². The van der Waals surface area contributed by atoms with Crippen LogP contribution in [0.3, 0.4) is 0 Å². The van der Waals surface area contributed by atoms with E-state index < -0.39 is 8.60 Å². The first-order valence-electron chi connectivity index (χ1n) is 11.4. The summed E-state index contributed by atoms with van der Waals surface area (Å²) in [6.07, 6.45) is 12.1. The molecule has 0 bridgehead atoms. The van der Waals surface area contributed by atoms with Gasteiger partial charge < -0.3 is 28.9 Å². The molecule has 0 aliphatic carbocycles. The summed E-state index contributed by atoms with van der Waals surface area (Å²) in [6, 6.07) is 7.59. The van der Waals surface area contributed by atoms with Crippen molar-refractivity contribution >= 4 is 8.60 Å². The molecule has 6 nitrogen and oxygen atoms in total. The monoisotopic (exact) mass is 446 g/mol. The van der Waals surface area contributed by atoms with Crippen LogP contribution in [0.4, 0.5) is 0 Å². The van der Waals surface area contributed by atoms with E-state index in [-0.39, 0.29) is 6.61 Å². The van der Waals surface area contributed by atoms with Crippen molar-refractivity contribution in [3.05, 3.63) is 29.8 Å². The molecular formula is C23H43O6P. The van der Waals surface area contributed by atoms with Crippen molar-refractivity contribution in [1.29, 1.82) is 0 Å². The molecule has 0 amide bonds. The van der Waals surface area contributed by atoms with E-state index in [1.807, 2.05) is 18.2 Å². The minimum atomic E-state index is -2.32. The highest BCUT2D eigenvalue weighted by Gasteiger charge is 2.07. The van der Waals surface area contributed by atoms with Gasteiger partial charge in [0.25, 0.3) is 0 Å². The molecule has 176 valence electrons. The van der Waals surface area contributed by atoms with Gasteiger partial charge in [0, 0.05) is 6.61 Å². The minimum Gasteiger partial charge on any atom is -0.427 e. The maximum Gasteiger partial charge on any atom is 0.391 e. The number of para-hydroxylation sites is 1. The second-order valence-electron chi connectivity index (χ2n) is 7.12. The Morgan fingerprint density at radius 3 is 1.97 bits per heavy atom. The van der Waals surface area contributed by atoms with Crippen LogP contribution in [0.2, 0.25) is 0 Å². The van der Waals surface area contributed by atoms with E-state index in [1.54, 1.807) is 6.07 Å². The van der Waals surface area contributed by atoms with Gasteiger partial charge >= 0.3 is 8.60 Å². The second-order valence-corrected chi connectivity index (χ2v) is 7.81. The molecule has 0 spiro atoms. The van der Waals surface area contributed by atoms with Gasteiger partial charge in [0.2, 0.25) is 0 Å². The van der Waals surface area contributed by atoms with Crippen LogP contribution < -0.4 is 4.52 Å². The molecule has 0 aliphatic heterocycles. The number of aliphatic hydroxyl groups is 1. The zero-order chi connectivity index (χ0) is 22.3. The van der Waals surface area contributed by atoms with E-state index in [9.17, 15) is 0 Å². The Bertz CT molecular complexity index is 465. The van der Waals surface area contributed by atoms with E-state index in [0.717, 1.165) is 37.9 Å². The van der Waals surface area contributed by atoms with Crippen molar-refractivity contribution in [3.63, 3.8) is 0 Å². The van der Waals surface area contributed by atoms with Crippen molar-refractivity contribution in [2.75, 3.05) is 33.0 Å². The van der Waals surface area contributed by atoms with Gasteiger partial charge in [0.05, 0.1) is 26.4 Å². The molecule has 3 N–H and O–H groups in total. The predicted molar refractivity (Wildman–Crippen MR) is 124 cm³/mol. The molecule has 0 unspecified atom stereocenters.